The Balaban J connectivity index is 1.99. The number of nitrogens with one attached hydrogen (secondary N) is 1. The zero-order chi connectivity index (χ0) is 10.7. The second kappa shape index (κ2) is 4.77. The third kappa shape index (κ3) is 2.21. The maximum atomic E-state index is 5.60. The number of aryl methyl sites for hydroxylation is 1. The molecule has 2 rings (SSSR count). The number of hydrogen-bond donors (Lipinski definition) is 2. The van der Waals surface area contributed by atoms with Crippen molar-refractivity contribution < 1.29 is 0 Å². The Morgan fingerprint density at radius 3 is 3.00 bits per heavy atom. The molecule has 1 unspecified atom stereocenters. The second-order valence-corrected chi connectivity index (χ2v) is 4.30. The molecule has 1 atom stereocenters. The standard InChI is InChI=1S/C11H20N4/c1-2-15-7-6-13-11(15)8-10(14-12)9-4-3-5-9/h6-7,9-10,14H,2-5,8,12H2,1H3. The number of nitrogens with two attached hydrogens (primary N) is 1. The molecular formula is C11H20N4. The van der Waals surface area contributed by atoms with Gasteiger partial charge >= 0.3 is 0 Å². The van der Waals surface area contributed by atoms with Crippen LogP contribution in [-0.2, 0) is 13.0 Å². The van der Waals surface area contributed by atoms with Crippen LogP contribution in [0.2, 0.25) is 0 Å². The number of hydrogen-bond acceptors (Lipinski definition) is 3. The Labute approximate surface area is 90.8 Å². The summed E-state index contributed by atoms with van der Waals surface area (Å²) in [4.78, 5) is 4.38. The first-order valence-electron chi connectivity index (χ1n) is 5.81. The molecule has 4 heteroatoms. The van der Waals surface area contributed by atoms with Crippen LogP contribution in [0.15, 0.2) is 12.4 Å². The minimum Gasteiger partial charge on any atom is -0.335 e. The summed E-state index contributed by atoms with van der Waals surface area (Å²) in [6.45, 7) is 3.12. The van der Waals surface area contributed by atoms with Gasteiger partial charge in [-0.3, -0.25) is 11.3 Å². The highest BCUT2D eigenvalue weighted by atomic mass is 15.2. The molecule has 0 aromatic carbocycles. The smallest absolute Gasteiger partial charge is 0.110 e. The number of imidazole rings is 1. The summed E-state index contributed by atoms with van der Waals surface area (Å²) in [7, 11) is 0. The quantitative estimate of drug-likeness (QED) is 0.562. The summed E-state index contributed by atoms with van der Waals surface area (Å²) in [6, 6.07) is 0.395. The van der Waals surface area contributed by atoms with Crippen LogP contribution < -0.4 is 11.3 Å². The molecule has 1 aromatic heterocycles. The monoisotopic (exact) mass is 208 g/mol. The van der Waals surface area contributed by atoms with Crippen LogP contribution in [0.1, 0.15) is 32.0 Å². The Bertz CT molecular complexity index is 303. The lowest BCUT2D eigenvalue weighted by Gasteiger charge is -2.33. The summed E-state index contributed by atoms with van der Waals surface area (Å²) in [5, 5.41) is 0. The maximum Gasteiger partial charge on any atom is 0.110 e. The van der Waals surface area contributed by atoms with Crippen molar-refractivity contribution in [1.29, 1.82) is 0 Å². The molecule has 1 saturated carbocycles. The van der Waals surface area contributed by atoms with Crippen LogP contribution in [0.3, 0.4) is 0 Å². The van der Waals surface area contributed by atoms with Gasteiger partial charge in [-0.2, -0.15) is 0 Å². The number of hydrazine groups is 1. The van der Waals surface area contributed by atoms with Crippen LogP contribution in [0.4, 0.5) is 0 Å². The third-order valence-corrected chi connectivity index (χ3v) is 3.48. The maximum absolute atomic E-state index is 5.60. The Kier molecular flexibility index (Phi) is 3.38. The van der Waals surface area contributed by atoms with Gasteiger partial charge in [-0.15, -0.1) is 0 Å². The van der Waals surface area contributed by atoms with Crippen LogP contribution in [0, 0.1) is 5.92 Å². The SMILES string of the molecule is CCn1ccnc1CC(NN)C1CCC1. The molecule has 0 saturated heterocycles. The molecule has 0 aliphatic heterocycles. The van der Waals surface area contributed by atoms with Gasteiger partial charge in [0.05, 0.1) is 0 Å². The van der Waals surface area contributed by atoms with Gasteiger partial charge in [0.1, 0.15) is 5.82 Å². The topological polar surface area (TPSA) is 55.9 Å². The average molecular weight is 208 g/mol. The van der Waals surface area contributed by atoms with Crippen molar-refractivity contribution in [2.45, 2.75) is 45.2 Å². The van der Waals surface area contributed by atoms with Crippen molar-refractivity contribution in [1.82, 2.24) is 15.0 Å². The Morgan fingerprint density at radius 1 is 1.67 bits per heavy atom. The van der Waals surface area contributed by atoms with Gasteiger partial charge < -0.3 is 4.57 Å². The van der Waals surface area contributed by atoms with Crippen LogP contribution in [0.5, 0.6) is 0 Å². The predicted octanol–water partition coefficient (Wildman–Crippen LogP) is 1.08. The highest BCUT2D eigenvalue weighted by Crippen LogP contribution is 2.30. The Hall–Kier alpha value is -0.870. The molecule has 1 aromatic rings. The van der Waals surface area contributed by atoms with Gasteiger partial charge in [0.15, 0.2) is 0 Å². The Morgan fingerprint density at radius 2 is 2.47 bits per heavy atom. The van der Waals surface area contributed by atoms with Crippen molar-refractivity contribution in [3.8, 4) is 0 Å². The van der Waals surface area contributed by atoms with Crippen LogP contribution >= 0.6 is 0 Å². The average Bonchev–Trinajstić information content (AvgIpc) is 2.61. The molecule has 1 heterocycles. The molecule has 84 valence electrons. The van der Waals surface area contributed by atoms with Crippen LogP contribution in [-0.4, -0.2) is 15.6 Å². The zero-order valence-electron chi connectivity index (χ0n) is 9.32. The summed E-state index contributed by atoms with van der Waals surface area (Å²) in [6.07, 6.45) is 8.81. The van der Waals surface area contributed by atoms with Gasteiger partial charge in [0.2, 0.25) is 0 Å². The van der Waals surface area contributed by atoms with Gasteiger partial charge in [0, 0.05) is 31.4 Å². The van der Waals surface area contributed by atoms with Crippen molar-refractivity contribution in [3.63, 3.8) is 0 Å². The number of rotatable bonds is 5. The van der Waals surface area contributed by atoms with E-state index in [1.54, 1.807) is 0 Å². The van der Waals surface area contributed by atoms with Crippen molar-refractivity contribution in [2.75, 3.05) is 0 Å². The second-order valence-electron chi connectivity index (χ2n) is 4.30. The fourth-order valence-electron chi connectivity index (χ4n) is 2.22. The van der Waals surface area contributed by atoms with Crippen molar-refractivity contribution in [3.05, 3.63) is 18.2 Å². The predicted molar refractivity (Wildman–Crippen MR) is 60.1 cm³/mol. The van der Waals surface area contributed by atoms with E-state index in [-0.39, 0.29) is 0 Å². The fourth-order valence-corrected chi connectivity index (χ4v) is 2.22. The van der Waals surface area contributed by atoms with E-state index in [9.17, 15) is 0 Å². The van der Waals surface area contributed by atoms with E-state index in [4.69, 9.17) is 5.84 Å². The molecule has 0 amide bonds. The highest BCUT2D eigenvalue weighted by molar-refractivity contribution is 4.97. The third-order valence-electron chi connectivity index (χ3n) is 3.48. The first kappa shape index (κ1) is 10.6. The van der Waals surface area contributed by atoms with Crippen molar-refractivity contribution >= 4 is 0 Å². The normalized spacial score (nSPS) is 18.8. The van der Waals surface area contributed by atoms with E-state index in [1.807, 2.05) is 12.4 Å². The molecule has 0 spiro atoms. The molecule has 1 aliphatic carbocycles. The van der Waals surface area contributed by atoms with E-state index >= 15 is 0 Å². The molecule has 1 fully saturated rings. The van der Waals surface area contributed by atoms with Gasteiger partial charge in [-0.25, -0.2) is 4.98 Å². The number of aromatic nitrogens is 2. The zero-order valence-corrected chi connectivity index (χ0v) is 9.32. The van der Waals surface area contributed by atoms with E-state index in [2.05, 4.69) is 21.9 Å². The molecule has 4 nitrogen and oxygen atoms in total. The lowest BCUT2D eigenvalue weighted by Crippen LogP contribution is -2.45. The van der Waals surface area contributed by atoms with Crippen LogP contribution in [0.25, 0.3) is 0 Å². The summed E-state index contributed by atoms with van der Waals surface area (Å²) >= 11 is 0. The largest absolute Gasteiger partial charge is 0.335 e. The lowest BCUT2D eigenvalue weighted by molar-refractivity contribution is 0.225. The van der Waals surface area contributed by atoms with Gasteiger partial charge in [-0.05, 0) is 25.7 Å². The minimum atomic E-state index is 0.395. The summed E-state index contributed by atoms with van der Waals surface area (Å²) in [5.41, 5.74) is 2.94. The summed E-state index contributed by atoms with van der Waals surface area (Å²) in [5.74, 6) is 7.50. The lowest BCUT2D eigenvalue weighted by atomic mass is 9.79. The molecule has 15 heavy (non-hydrogen) atoms. The molecule has 3 N–H and O–H groups in total. The fraction of sp³-hybridized carbons (Fsp3) is 0.727. The molecule has 0 bridgehead atoms. The molecular weight excluding hydrogens is 188 g/mol. The van der Waals surface area contributed by atoms with Crippen molar-refractivity contribution in [2.24, 2.45) is 11.8 Å². The first-order valence-corrected chi connectivity index (χ1v) is 5.81. The number of nitrogens with zero attached hydrogens (tertiary/aromatic N) is 2. The van der Waals surface area contributed by atoms with E-state index in [1.165, 1.54) is 19.3 Å². The molecule has 1 aliphatic rings. The van der Waals surface area contributed by atoms with Gasteiger partial charge in [-0.1, -0.05) is 6.42 Å². The summed E-state index contributed by atoms with van der Waals surface area (Å²) < 4.78 is 2.18. The molecule has 0 radical (unpaired) electrons. The van der Waals surface area contributed by atoms with E-state index < -0.39 is 0 Å². The van der Waals surface area contributed by atoms with E-state index in [0.717, 1.165) is 24.7 Å². The highest BCUT2D eigenvalue weighted by Gasteiger charge is 2.27. The van der Waals surface area contributed by atoms with E-state index in [0.29, 0.717) is 6.04 Å². The first-order chi connectivity index (χ1) is 7.35. The van der Waals surface area contributed by atoms with Gasteiger partial charge in [0.25, 0.3) is 0 Å². The minimum absolute atomic E-state index is 0.395.